The molecule has 0 bridgehead atoms. The molecule has 0 aromatic heterocycles. The summed E-state index contributed by atoms with van der Waals surface area (Å²) in [5, 5.41) is 0. The first-order valence-electron chi connectivity index (χ1n) is 2.74. The highest BCUT2D eigenvalue weighted by Crippen LogP contribution is 1.71. The van der Waals surface area contributed by atoms with Crippen LogP contribution in [0.4, 0.5) is 4.39 Å². The highest BCUT2D eigenvalue weighted by Gasteiger charge is 1.96. The first kappa shape index (κ1) is 12.6. The molecule has 0 saturated carbocycles. The van der Waals surface area contributed by atoms with Crippen molar-refractivity contribution in [3.05, 3.63) is 0 Å². The zero-order valence-electron chi connectivity index (χ0n) is 5.46. The lowest BCUT2D eigenvalue weighted by Gasteiger charge is -2.08. The van der Waals surface area contributed by atoms with Gasteiger partial charge in [0, 0.05) is 4.43 Å². The smallest absolute Gasteiger partial charge is 0.138 e. The van der Waals surface area contributed by atoms with E-state index in [1.54, 1.807) is 0 Å². The first-order chi connectivity index (χ1) is 3.81. The number of hydrogen-bond donors (Lipinski definition) is 1. The van der Waals surface area contributed by atoms with E-state index in [0.717, 1.165) is 11.0 Å². The fourth-order valence-electron chi connectivity index (χ4n) is 0.448. The van der Waals surface area contributed by atoms with Gasteiger partial charge in [-0.05, 0) is 0 Å². The Hall–Kier alpha value is 0.910. The molecule has 0 aliphatic heterocycles. The SMILES string of the molecule is C[NH+](CCF)CCI.[Cl-]. The van der Waals surface area contributed by atoms with Crippen LogP contribution in [-0.2, 0) is 0 Å². The zero-order valence-corrected chi connectivity index (χ0v) is 8.38. The lowest BCUT2D eigenvalue weighted by atomic mass is 10.6. The van der Waals surface area contributed by atoms with Gasteiger partial charge in [-0.3, -0.25) is 0 Å². The summed E-state index contributed by atoms with van der Waals surface area (Å²) in [5.74, 6) is 0. The van der Waals surface area contributed by atoms with Crippen molar-refractivity contribution in [2.45, 2.75) is 0 Å². The summed E-state index contributed by atoms with van der Waals surface area (Å²) in [6.07, 6.45) is 0. The molecule has 0 aromatic carbocycles. The maximum atomic E-state index is 11.5. The van der Waals surface area contributed by atoms with Crippen molar-refractivity contribution < 1.29 is 21.7 Å². The predicted molar refractivity (Wildman–Crippen MR) is 41.5 cm³/mol. The minimum atomic E-state index is -0.192. The Labute approximate surface area is 75.5 Å². The third-order valence-corrected chi connectivity index (χ3v) is 1.58. The molecule has 0 amide bonds. The molecule has 9 heavy (non-hydrogen) atoms. The van der Waals surface area contributed by atoms with Crippen LogP contribution < -0.4 is 17.3 Å². The van der Waals surface area contributed by atoms with E-state index in [1.807, 2.05) is 7.05 Å². The summed E-state index contributed by atoms with van der Waals surface area (Å²) < 4.78 is 12.7. The van der Waals surface area contributed by atoms with Gasteiger partial charge < -0.3 is 17.3 Å². The molecule has 0 aliphatic rings. The number of rotatable bonds is 4. The normalized spacial score (nSPS) is 12.3. The van der Waals surface area contributed by atoms with Crippen molar-refractivity contribution in [2.24, 2.45) is 0 Å². The Morgan fingerprint density at radius 1 is 1.44 bits per heavy atom. The standard InChI is InChI=1S/C5H11FIN.ClH/c1-8(4-2-6)5-3-7;/h2-5H2,1H3;1H. The first-order valence-corrected chi connectivity index (χ1v) is 4.27. The molecule has 0 radical (unpaired) electrons. The Bertz CT molecular complexity index is 50.2. The fourth-order valence-corrected chi connectivity index (χ4v) is 1.37. The van der Waals surface area contributed by atoms with E-state index < -0.39 is 0 Å². The molecule has 0 aliphatic carbocycles. The minimum absolute atomic E-state index is 0. The molecular formula is C5H12ClFIN. The number of halogens is 3. The molecule has 1 atom stereocenters. The molecule has 58 valence electrons. The van der Waals surface area contributed by atoms with Crippen molar-refractivity contribution >= 4 is 22.6 Å². The van der Waals surface area contributed by atoms with Crippen molar-refractivity contribution in [3.8, 4) is 0 Å². The molecule has 1 unspecified atom stereocenters. The second kappa shape index (κ2) is 8.91. The maximum absolute atomic E-state index is 11.5. The summed E-state index contributed by atoms with van der Waals surface area (Å²) in [7, 11) is 2.01. The molecule has 1 N–H and O–H groups in total. The van der Waals surface area contributed by atoms with E-state index in [9.17, 15) is 4.39 Å². The number of quaternary nitrogens is 1. The third kappa shape index (κ3) is 8.91. The molecule has 0 saturated heterocycles. The molecule has 0 rings (SSSR count). The minimum Gasteiger partial charge on any atom is -1.00 e. The summed E-state index contributed by atoms with van der Waals surface area (Å²) in [4.78, 5) is 1.28. The highest BCUT2D eigenvalue weighted by atomic mass is 127. The van der Waals surface area contributed by atoms with Gasteiger partial charge in [-0.25, -0.2) is 4.39 Å². The van der Waals surface area contributed by atoms with E-state index in [1.165, 1.54) is 4.90 Å². The van der Waals surface area contributed by atoms with Gasteiger partial charge >= 0.3 is 0 Å². The van der Waals surface area contributed by atoms with Gasteiger partial charge in [0.2, 0.25) is 0 Å². The van der Waals surface area contributed by atoms with Crippen LogP contribution in [0.15, 0.2) is 0 Å². The van der Waals surface area contributed by atoms with Crippen LogP contribution in [0.1, 0.15) is 0 Å². The molecule has 0 fully saturated rings. The maximum Gasteiger partial charge on any atom is 0.138 e. The summed E-state index contributed by atoms with van der Waals surface area (Å²) >= 11 is 2.30. The summed E-state index contributed by atoms with van der Waals surface area (Å²) in [6, 6.07) is 0. The van der Waals surface area contributed by atoms with E-state index in [-0.39, 0.29) is 19.1 Å². The quantitative estimate of drug-likeness (QED) is 0.407. The lowest BCUT2D eigenvalue weighted by molar-refractivity contribution is -0.876. The van der Waals surface area contributed by atoms with Crippen LogP contribution in [0.5, 0.6) is 0 Å². The number of alkyl halides is 2. The van der Waals surface area contributed by atoms with Gasteiger partial charge in [-0.1, -0.05) is 22.6 Å². The van der Waals surface area contributed by atoms with Crippen LogP contribution >= 0.6 is 22.6 Å². The molecule has 0 heterocycles. The fraction of sp³-hybridized carbons (Fsp3) is 1.00. The van der Waals surface area contributed by atoms with Crippen LogP contribution in [-0.4, -0.2) is 31.2 Å². The van der Waals surface area contributed by atoms with E-state index in [0.29, 0.717) is 6.54 Å². The Morgan fingerprint density at radius 2 is 2.00 bits per heavy atom. The zero-order chi connectivity index (χ0) is 6.41. The predicted octanol–water partition coefficient (Wildman–Crippen LogP) is -3.09. The molecule has 0 aromatic rings. The van der Waals surface area contributed by atoms with E-state index >= 15 is 0 Å². The van der Waals surface area contributed by atoms with Crippen LogP contribution in [0, 0.1) is 0 Å². The number of nitrogens with one attached hydrogen (secondary N) is 1. The number of hydrogen-bond acceptors (Lipinski definition) is 0. The Kier molecular flexibility index (Phi) is 12.4. The average molecular weight is 268 g/mol. The Morgan fingerprint density at radius 3 is 2.33 bits per heavy atom. The lowest BCUT2D eigenvalue weighted by Crippen LogP contribution is -3.09. The van der Waals surface area contributed by atoms with Gasteiger partial charge in [0.15, 0.2) is 0 Å². The molecule has 1 nitrogen and oxygen atoms in total. The highest BCUT2D eigenvalue weighted by molar-refractivity contribution is 14.1. The van der Waals surface area contributed by atoms with E-state index in [2.05, 4.69) is 22.6 Å². The largest absolute Gasteiger partial charge is 1.00 e. The summed E-state index contributed by atoms with van der Waals surface area (Å²) in [6.45, 7) is 1.54. The summed E-state index contributed by atoms with van der Waals surface area (Å²) in [5.41, 5.74) is 0. The van der Waals surface area contributed by atoms with Crippen LogP contribution in [0.25, 0.3) is 0 Å². The second-order valence-electron chi connectivity index (χ2n) is 1.84. The van der Waals surface area contributed by atoms with Crippen LogP contribution in [0.2, 0.25) is 0 Å². The average Bonchev–Trinajstić information content (AvgIpc) is 1.68. The van der Waals surface area contributed by atoms with Crippen molar-refractivity contribution in [3.63, 3.8) is 0 Å². The van der Waals surface area contributed by atoms with Gasteiger partial charge in [0.1, 0.15) is 13.2 Å². The Balaban J connectivity index is 0. The molecular weight excluding hydrogens is 255 g/mol. The monoisotopic (exact) mass is 267 g/mol. The van der Waals surface area contributed by atoms with Crippen molar-refractivity contribution in [2.75, 3.05) is 31.2 Å². The van der Waals surface area contributed by atoms with E-state index in [4.69, 9.17) is 0 Å². The van der Waals surface area contributed by atoms with Crippen LogP contribution in [0.3, 0.4) is 0 Å². The third-order valence-electron chi connectivity index (χ3n) is 1.04. The molecule has 0 spiro atoms. The van der Waals surface area contributed by atoms with Crippen molar-refractivity contribution in [1.29, 1.82) is 0 Å². The topological polar surface area (TPSA) is 4.44 Å². The van der Waals surface area contributed by atoms with Gasteiger partial charge in [0.05, 0.1) is 13.6 Å². The van der Waals surface area contributed by atoms with Gasteiger partial charge in [-0.2, -0.15) is 0 Å². The van der Waals surface area contributed by atoms with Crippen molar-refractivity contribution in [1.82, 2.24) is 0 Å². The van der Waals surface area contributed by atoms with Gasteiger partial charge in [-0.15, -0.1) is 0 Å². The molecule has 4 heteroatoms. The van der Waals surface area contributed by atoms with Gasteiger partial charge in [0.25, 0.3) is 0 Å². The second-order valence-corrected chi connectivity index (χ2v) is 2.91.